The van der Waals surface area contributed by atoms with E-state index in [1.807, 2.05) is 48.5 Å². The molecule has 0 aliphatic carbocycles. The summed E-state index contributed by atoms with van der Waals surface area (Å²) in [5.74, 6) is -1.31. The maximum Gasteiger partial charge on any atom is 0.326 e. The van der Waals surface area contributed by atoms with Crippen molar-refractivity contribution in [3.05, 3.63) is 59.9 Å². The Kier molecular flexibility index (Phi) is 10.1. The van der Waals surface area contributed by atoms with Crippen LogP contribution in [-0.2, 0) is 27.3 Å². The standard InChI is InChI=1S/C27H30ClN9O4/c1-2-3-8-22-30-27(31-23(38)14-13-21(26(40)41)29-24(39)15-28)34-37(22)16-17-9-11-18(12-10-17)19-6-4-5-7-20(19)25-32-35-36-33-25/h4-7,9-12,21H,2-3,8,13-16H2,1H3,(H,29,39)(H,40,41)(H,31,34,38)(H,32,33,35,36). The number of halogens is 1. The normalized spacial score (nSPS) is 11.7. The highest BCUT2D eigenvalue weighted by Crippen LogP contribution is 2.29. The highest BCUT2D eigenvalue weighted by molar-refractivity contribution is 6.27. The van der Waals surface area contributed by atoms with E-state index >= 15 is 0 Å². The van der Waals surface area contributed by atoms with Crippen LogP contribution in [0.2, 0.25) is 0 Å². The van der Waals surface area contributed by atoms with Gasteiger partial charge in [0, 0.05) is 18.4 Å². The van der Waals surface area contributed by atoms with Crippen molar-refractivity contribution < 1.29 is 19.5 Å². The van der Waals surface area contributed by atoms with Gasteiger partial charge in [0.25, 0.3) is 0 Å². The molecule has 0 saturated heterocycles. The van der Waals surface area contributed by atoms with Crippen LogP contribution >= 0.6 is 11.6 Å². The molecule has 2 heterocycles. The van der Waals surface area contributed by atoms with Gasteiger partial charge in [0.05, 0.1) is 6.54 Å². The van der Waals surface area contributed by atoms with E-state index in [0.29, 0.717) is 18.8 Å². The molecular formula is C27H30ClN9O4. The predicted molar refractivity (Wildman–Crippen MR) is 151 cm³/mol. The number of anilines is 1. The fourth-order valence-corrected chi connectivity index (χ4v) is 4.27. The van der Waals surface area contributed by atoms with Gasteiger partial charge in [-0.25, -0.2) is 9.48 Å². The zero-order chi connectivity index (χ0) is 29.2. The zero-order valence-electron chi connectivity index (χ0n) is 22.4. The number of alkyl halides is 1. The first-order chi connectivity index (χ1) is 19.9. The van der Waals surface area contributed by atoms with E-state index in [9.17, 15) is 19.5 Å². The Labute approximate surface area is 240 Å². The van der Waals surface area contributed by atoms with Crippen LogP contribution in [-0.4, -0.2) is 70.2 Å². The molecule has 14 heteroatoms. The average molecular weight is 580 g/mol. The van der Waals surface area contributed by atoms with Gasteiger partial charge in [0.2, 0.25) is 23.6 Å². The second-order valence-electron chi connectivity index (χ2n) is 9.27. The van der Waals surface area contributed by atoms with E-state index in [2.05, 4.69) is 48.3 Å². The Morgan fingerprint density at radius 2 is 1.83 bits per heavy atom. The van der Waals surface area contributed by atoms with Gasteiger partial charge in [-0.05, 0) is 34.7 Å². The van der Waals surface area contributed by atoms with Gasteiger partial charge in [0.15, 0.2) is 0 Å². The van der Waals surface area contributed by atoms with E-state index in [-0.39, 0.29) is 24.7 Å². The lowest BCUT2D eigenvalue weighted by Crippen LogP contribution is -2.41. The number of hydrogen-bond acceptors (Lipinski definition) is 8. The molecule has 2 amide bonds. The van der Waals surface area contributed by atoms with E-state index in [1.54, 1.807) is 4.68 Å². The molecule has 2 aromatic carbocycles. The average Bonchev–Trinajstić information content (AvgIpc) is 3.64. The smallest absolute Gasteiger partial charge is 0.326 e. The minimum absolute atomic E-state index is 0.102. The predicted octanol–water partition coefficient (Wildman–Crippen LogP) is 3.04. The summed E-state index contributed by atoms with van der Waals surface area (Å²) >= 11 is 5.43. The van der Waals surface area contributed by atoms with Crippen molar-refractivity contribution in [1.82, 2.24) is 40.7 Å². The second-order valence-corrected chi connectivity index (χ2v) is 9.54. The first kappa shape index (κ1) is 29.3. The van der Waals surface area contributed by atoms with Crippen LogP contribution in [0.4, 0.5) is 5.95 Å². The van der Waals surface area contributed by atoms with E-state index in [0.717, 1.165) is 40.9 Å². The van der Waals surface area contributed by atoms with Gasteiger partial charge in [-0.3, -0.25) is 14.9 Å². The van der Waals surface area contributed by atoms with Crippen molar-refractivity contribution >= 4 is 35.3 Å². The molecule has 0 saturated carbocycles. The van der Waals surface area contributed by atoms with Gasteiger partial charge in [0.1, 0.15) is 17.7 Å². The Balaban J connectivity index is 1.45. The molecular weight excluding hydrogens is 550 g/mol. The molecule has 4 aromatic rings. The number of carbonyl (C=O) groups is 3. The number of H-pyrrole nitrogens is 1. The van der Waals surface area contributed by atoms with Crippen molar-refractivity contribution in [3.8, 4) is 22.5 Å². The number of amides is 2. The van der Waals surface area contributed by atoms with Crippen LogP contribution in [0.3, 0.4) is 0 Å². The number of aromatic amines is 1. The lowest BCUT2D eigenvalue weighted by atomic mass is 9.98. The molecule has 214 valence electrons. The summed E-state index contributed by atoms with van der Waals surface area (Å²) < 4.78 is 1.76. The zero-order valence-corrected chi connectivity index (χ0v) is 23.1. The Bertz CT molecular complexity index is 1470. The monoisotopic (exact) mass is 579 g/mol. The maximum atomic E-state index is 12.5. The summed E-state index contributed by atoms with van der Waals surface area (Å²) in [5.41, 5.74) is 3.82. The van der Waals surface area contributed by atoms with Crippen molar-refractivity contribution in [2.24, 2.45) is 0 Å². The summed E-state index contributed by atoms with van der Waals surface area (Å²) in [6.07, 6.45) is 2.30. The Morgan fingerprint density at radius 3 is 2.49 bits per heavy atom. The van der Waals surface area contributed by atoms with Crippen LogP contribution in [0.1, 0.15) is 44.0 Å². The molecule has 0 bridgehead atoms. The highest BCUT2D eigenvalue weighted by atomic mass is 35.5. The van der Waals surface area contributed by atoms with Crippen molar-refractivity contribution in [2.45, 2.75) is 51.6 Å². The lowest BCUT2D eigenvalue weighted by molar-refractivity contribution is -0.141. The molecule has 1 unspecified atom stereocenters. The molecule has 0 spiro atoms. The number of unbranched alkanes of at least 4 members (excludes halogenated alkanes) is 1. The van der Waals surface area contributed by atoms with Gasteiger partial charge in [-0.2, -0.15) is 10.2 Å². The minimum atomic E-state index is -1.25. The number of carbonyl (C=O) groups excluding carboxylic acids is 2. The summed E-state index contributed by atoms with van der Waals surface area (Å²) in [7, 11) is 0. The third-order valence-electron chi connectivity index (χ3n) is 6.28. The fourth-order valence-electron chi connectivity index (χ4n) is 4.20. The first-order valence-corrected chi connectivity index (χ1v) is 13.6. The number of rotatable bonds is 14. The highest BCUT2D eigenvalue weighted by Gasteiger charge is 2.21. The van der Waals surface area contributed by atoms with Gasteiger partial charge in [-0.15, -0.1) is 26.9 Å². The Hall–Kier alpha value is -4.65. The van der Waals surface area contributed by atoms with Crippen molar-refractivity contribution in [1.29, 1.82) is 0 Å². The number of aromatic nitrogens is 7. The number of hydrogen-bond donors (Lipinski definition) is 4. The fraction of sp³-hybridized carbons (Fsp3) is 0.333. The van der Waals surface area contributed by atoms with Gasteiger partial charge < -0.3 is 10.4 Å². The molecule has 0 radical (unpaired) electrons. The van der Waals surface area contributed by atoms with Crippen LogP contribution in [0, 0.1) is 0 Å². The molecule has 4 rings (SSSR count). The molecule has 1 atom stereocenters. The third-order valence-corrected chi connectivity index (χ3v) is 6.52. The molecule has 13 nitrogen and oxygen atoms in total. The summed E-state index contributed by atoms with van der Waals surface area (Å²) in [4.78, 5) is 39.9. The number of nitrogens with one attached hydrogen (secondary N) is 3. The molecule has 2 aromatic heterocycles. The van der Waals surface area contributed by atoms with Gasteiger partial charge >= 0.3 is 5.97 Å². The van der Waals surface area contributed by atoms with Crippen LogP contribution in [0.15, 0.2) is 48.5 Å². The molecule has 41 heavy (non-hydrogen) atoms. The number of carboxylic acids is 1. The maximum absolute atomic E-state index is 12.5. The second kappa shape index (κ2) is 14.1. The summed E-state index contributed by atoms with van der Waals surface area (Å²) in [5, 5.41) is 33.1. The number of tetrazole rings is 1. The molecule has 0 aliphatic heterocycles. The summed E-state index contributed by atoms with van der Waals surface area (Å²) in [6, 6.07) is 14.6. The topological polar surface area (TPSA) is 181 Å². The third kappa shape index (κ3) is 7.94. The van der Waals surface area contributed by atoms with Crippen molar-refractivity contribution in [2.75, 3.05) is 11.2 Å². The molecule has 0 aliphatic rings. The number of benzene rings is 2. The first-order valence-electron chi connectivity index (χ1n) is 13.1. The van der Waals surface area contributed by atoms with E-state index in [1.165, 1.54) is 0 Å². The Morgan fingerprint density at radius 1 is 1.07 bits per heavy atom. The minimum Gasteiger partial charge on any atom is -0.480 e. The lowest BCUT2D eigenvalue weighted by Gasteiger charge is -2.12. The van der Waals surface area contributed by atoms with Crippen molar-refractivity contribution in [3.63, 3.8) is 0 Å². The van der Waals surface area contributed by atoms with Crippen LogP contribution in [0.5, 0.6) is 0 Å². The van der Waals surface area contributed by atoms with Crippen LogP contribution in [0.25, 0.3) is 22.5 Å². The summed E-state index contributed by atoms with van der Waals surface area (Å²) in [6.45, 7) is 2.52. The van der Waals surface area contributed by atoms with E-state index < -0.39 is 23.8 Å². The number of aliphatic carboxylic acids is 1. The number of aryl methyl sites for hydroxylation is 1. The SMILES string of the molecule is CCCCc1nc(NC(=O)CCC(NC(=O)CCl)C(=O)O)nn1Cc1ccc(-c2ccccc2-c2nn[nH]n2)cc1. The number of carboxylic acid groups (broad SMARTS) is 1. The van der Waals surface area contributed by atoms with Crippen LogP contribution < -0.4 is 10.6 Å². The van der Waals surface area contributed by atoms with Gasteiger partial charge in [-0.1, -0.05) is 61.9 Å². The number of nitrogens with zero attached hydrogens (tertiary/aromatic N) is 6. The van der Waals surface area contributed by atoms with E-state index in [4.69, 9.17) is 11.6 Å². The molecule has 4 N–H and O–H groups in total. The largest absolute Gasteiger partial charge is 0.480 e. The quantitative estimate of drug-likeness (QED) is 0.163. The molecule has 0 fully saturated rings.